The minimum Gasteiger partial charge on any atom is -0.335 e. The molecule has 0 unspecified atom stereocenters. The normalized spacial score (nSPS) is 11.6. The van der Waals surface area contributed by atoms with E-state index in [1.165, 1.54) is 16.5 Å². The number of aromatic nitrogens is 6. The van der Waals surface area contributed by atoms with Crippen molar-refractivity contribution in [2.24, 2.45) is 0 Å². The molecule has 0 amide bonds. The number of H-pyrrole nitrogens is 2. The molecule has 0 saturated heterocycles. The highest BCUT2D eigenvalue weighted by atomic mass is 32.1. The van der Waals surface area contributed by atoms with Crippen LogP contribution < -0.4 is 5.32 Å². The third-order valence-electron chi connectivity index (χ3n) is 6.88. The van der Waals surface area contributed by atoms with E-state index in [-0.39, 0.29) is 5.52 Å². The molecule has 0 bridgehead atoms. The summed E-state index contributed by atoms with van der Waals surface area (Å²) in [5.41, 5.74) is 7.09. The average molecular weight is 546 g/mol. The third-order valence-corrected chi connectivity index (χ3v) is 7.91. The second-order valence-corrected chi connectivity index (χ2v) is 11.0. The van der Waals surface area contributed by atoms with E-state index < -0.39 is 5.82 Å². The summed E-state index contributed by atoms with van der Waals surface area (Å²) in [6.07, 6.45) is 5.34. The van der Waals surface area contributed by atoms with Gasteiger partial charge in [0.15, 0.2) is 17.3 Å². The molecule has 0 aliphatic rings. The standard InChI is InChI=1S/C31H24FN7S/c1-18-7-8-26(40-18)23-9-10-35-30-28(23)36-31(37-30)29-24-12-21(13-25(32)27(24)38-39-29)22-11-20(16-34-17-22)15-33-14-19-5-3-2-4-6-19/h2-13,16-17,33H,14-15H2,1H3,(H,38,39)(H,35,36,37). The van der Waals surface area contributed by atoms with E-state index in [2.05, 4.69) is 61.7 Å². The maximum Gasteiger partial charge on any atom is 0.178 e. The summed E-state index contributed by atoms with van der Waals surface area (Å²) in [7, 11) is 0. The van der Waals surface area contributed by atoms with Gasteiger partial charge in [-0.25, -0.2) is 14.4 Å². The lowest BCUT2D eigenvalue weighted by Crippen LogP contribution is -2.12. The number of hydrogen-bond donors (Lipinski definition) is 3. The molecule has 0 saturated carbocycles. The lowest BCUT2D eigenvalue weighted by molar-refractivity contribution is 0.636. The van der Waals surface area contributed by atoms with Gasteiger partial charge in [0.05, 0.1) is 5.52 Å². The number of nitrogens with one attached hydrogen (secondary N) is 3. The lowest BCUT2D eigenvalue weighted by Gasteiger charge is -2.08. The van der Waals surface area contributed by atoms with Crippen LogP contribution in [0.5, 0.6) is 0 Å². The molecule has 9 heteroatoms. The van der Waals surface area contributed by atoms with Gasteiger partial charge in [0, 0.05) is 57.9 Å². The van der Waals surface area contributed by atoms with E-state index in [1.54, 1.807) is 23.7 Å². The molecular weight excluding hydrogens is 521 g/mol. The Hall–Kier alpha value is -4.73. The molecule has 3 N–H and O–H groups in total. The summed E-state index contributed by atoms with van der Waals surface area (Å²) in [4.78, 5) is 19.4. The van der Waals surface area contributed by atoms with E-state index in [0.29, 0.717) is 34.7 Å². The number of aromatic amines is 2. The molecule has 7 aromatic rings. The van der Waals surface area contributed by atoms with Gasteiger partial charge >= 0.3 is 0 Å². The second-order valence-electron chi connectivity index (χ2n) is 9.68. The molecular formula is C31H24FN7S. The largest absolute Gasteiger partial charge is 0.335 e. The van der Waals surface area contributed by atoms with Crippen molar-refractivity contribution in [2.45, 2.75) is 20.0 Å². The number of fused-ring (bicyclic) bond motifs is 2. The molecule has 2 aromatic carbocycles. The first-order valence-electron chi connectivity index (χ1n) is 12.9. The van der Waals surface area contributed by atoms with Crippen molar-refractivity contribution >= 4 is 33.4 Å². The predicted molar refractivity (Wildman–Crippen MR) is 157 cm³/mol. The number of halogens is 1. The van der Waals surface area contributed by atoms with E-state index in [1.807, 2.05) is 42.6 Å². The Morgan fingerprint density at radius 3 is 2.65 bits per heavy atom. The Labute approximate surface area is 233 Å². The number of thiophene rings is 1. The summed E-state index contributed by atoms with van der Waals surface area (Å²) in [5, 5.41) is 11.3. The summed E-state index contributed by atoms with van der Waals surface area (Å²) >= 11 is 1.72. The van der Waals surface area contributed by atoms with Crippen molar-refractivity contribution in [1.29, 1.82) is 0 Å². The topological polar surface area (TPSA) is 95.2 Å². The Balaban J connectivity index is 1.23. The minimum atomic E-state index is -0.411. The molecule has 0 aliphatic heterocycles. The zero-order valence-corrected chi connectivity index (χ0v) is 22.4. The number of hydrogen-bond acceptors (Lipinski definition) is 6. The zero-order chi connectivity index (χ0) is 27.1. The molecule has 0 radical (unpaired) electrons. The van der Waals surface area contributed by atoms with Crippen LogP contribution in [0, 0.1) is 12.7 Å². The Kier molecular flexibility index (Phi) is 6.14. The van der Waals surface area contributed by atoms with Crippen molar-refractivity contribution < 1.29 is 4.39 Å². The van der Waals surface area contributed by atoms with Crippen LogP contribution in [0.4, 0.5) is 4.39 Å². The van der Waals surface area contributed by atoms with Crippen molar-refractivity contribution in [3.63, 3.8) is 0 Å². The maximum absolute atomic E-state index is 15.3. The highest BCUT2D eigenvalue weighted by molar-refractivity contribution is 7.15. The number of pyridine rings is 2. The number of benzene rings is 2. The number of nitrogens with zero attached hydrogens (tertiary/aromatic N) is 4. The van der Waals surface area contributed by atoms with Crippen LogP contribution >= 0.6 is 11.3 Å². The SMILES string of the molecule is Cc1ccc(-c2ccnc3nc(-c4[nH]nc5c(F)cc(-c6cncc(CNCc7ccccc7)c6)cc45)[nH]c23)s1. The summed E-state index contributed by atoms with van der Waals surface area (Å²) in [6.45, 7) is 3.49. The number of rotatable bonds is 7. The van der Waals surface area contributed by atoms with Crippen molar-refractivity contribution in [1.82, 2.24) is 35.5 Å². The van der Waals surface area contributed by atoms with Crippen LogP contribution in [0.2, 0.25) is 0 Å². The molecule has 0 fully saturated rings. The highest BCUT2D eigenvalue weighted by Gasteiger charge is 2.18. The zero-order valence-electron chi connectivity index (χ0n) is 21.6. The van der Waals surface area contributed by atoms with Gasteiger partial charge in [-0.05, 0) is 60.0 Å². The van der Waals surface area contributed by atoms with Gasteiger partial charge in [-0.2, -0.15) is 5.10 Å². The fourth-order valence-corrected chi connectivity index (χ4v) is 5.82. The Morgan fingerprint density at radius 1 is 0.925 bits per heavy atom. The average Bonchev–Trinajstić information content (AvgIpc) is 3.71. The van der Waals surface area contributed by atoms with Crippen LogP contribution in [0.3, 0.4) is 0 Å². The first-order valence-corrected chi connectivity index (χ1v) is 13.7. The van der Waals surface area contributed by atoms with Gasteiger partial charge in [0.2, 0.25) is 0 Å². The van der Waals surface area contributed by atoms with Crippen LogP contribution in [0.15, 0.2) is 85.3 Å². The first kappa shape index (κ1) is 24.3. The molecule has 0 atom stereocenters. The molecule has 40 heavy (non-hydrogen) atoms. The summed E-state index contributed by atoms with van der Waals surface area (Å²) in [6, 6.07) is 21.9. The van der Waals surface area contributed by atoms with Gasteiger partial charge in [-0.15, -0.1) is 11.3 Å². The number of aryl methyl sites for hydroxylation is 1. The fraction of sp³-hybridized carbons (Fsp3) is 0.0968. The molecule has 5 heterocycles. The van der Waals surface area contributed by atoms with Crippen LogP contribution in [0.1, 0.15) is 16.0 Å². The summed E-state index contributed by atoms with van der Waals surface area (Å²) in [5.74, 6) is 0.144. The number of imidazole rings is 1. The molecule has 5 aromatic heterocycles. The lowest BCUT2D eigenvalue weighted by atomic mass is 10.0. The monoisotopic (exact) mass is 545 g/mol. The van der Waals surface area contributed by atoms with Crippen LogP contribution in [0.25, 0.3) is 55.2 Å². The van der Waals surface area contributed by atoms with Gasteiger partial charge < -0.3 is 10.3 Å². The van der Waals surface area contributed by atoms with Crippen molar-refractivity contribution in [2.75, 3.05) is 0 Å². The van der Waals surface area contributed by atoms with Gasteiger partial charge in [0.25, 0.3) is 0 Å². The Bertz CT molecular complexity index is 1970. The molecule has 7 rings (SSSR count). The van der Waals surface area contributed by atoms with Gasteiger partial charge in [-0.3, -0.25) is 10.1 Å². The Morgan fingerprint density at radius 2 is 1.80 bits per heavy atom. The maximum atomic E-state index is 15.3. The van der Waals surface area contributed by atoms with Crippen LogP contribution in [-0.4, -0.2) is 30.1 Å². The minimum absolute atomic E-state index is 0.259. The molecule has 196 valence electrons. The third kappa shape index (κ3) is 4.55. The fourth-order valence-electron chi connectivity index (χ4n) is 4.93. The highest BCUT2D eigenvalue weighted by Crippen LogP contribution is 2.35. The van der Waals surface area contributed by atoms with Crippen LogP contribution in [-0.2, 0) is 13.1 Å². The van der Waals surface area contributed by atoms with Gasteiger partial charge in [-0.1, -0.05) is 30.3 Å². The smallest absolute Gasteiger partial charge is 0.178 e. The van der Waals surface area contributed by atoms with E-state index in [4.69, 9.17) is 4.98 Å². The second kappa shape index (κ2) is 10.1. The van der Waals surface area contributed by atoms with E-state index in [0.717, 1.165) is 33.6 Å². The van der Waals surface area contributed by atoms with E-state index in [9.17, 15) is 0 Å². The quantitative estimate of drug-likeness (QED) is 0.200. The van der Waals surface area contributed by atoms with Gasteiger partial charge in [0.1, 0.15) is 11.2 Å². The summed E-state index contributed by atoms with van der Waals surface area (Å²) < 4.78 is 15.3. The van der Waals surface area contributed by atoms with Crippen molar-refractivity contribution in [3.05, 3.63) is 107 Å². The van der Waals surface area contributed by atoms with E-state index >= 15 is 4.39 Å². The predicted octanol–water partition coefficient (Wildman–Crippen LogP) is 7.03. The molecule has 7 nitrogen and oxygen atoms in total. The first-order chi connectivity index (χ1) is 19.6. The molecule has 0 spiro atoms. The molecule has 0 aliphatic carbocycles. The van der Waals surface area contributed by atoms with Crippen molar-refractivity contribution in [3.8, 4) is 33.1 Å².